The Morgan fingerprint density at radius 1 is 1.16 bits per heavy atom. The van der Waals surface area contributed by atoms with E-state index in [1.54, 1.807) is 4.98 Å². The van der Waals surface area contributed by atoms with Gasteiger partial charge in [-0.05, 0) is 0 Å². The van der Waals surface area contributed by atoms with Crippen LogP contribution in [-0.4, -0.2) is 59.2 Å². The Morgan fingerprint density at radius 2 is 1.75 bits per heavy atom. The molecular formula is C10H14F3N2O14P3. The first kappa shape index (κ1) is 27.0. The molecule has 0 aliphatic carbocycles. The summed E-state index contributed by atoms with van der Waals surface area (Å²) in [5.74, 6) is 0. The zero-order valence-corrected chi connectivity index (χ0v) is 17.7. The van der Waals surface area contributed by atoms with Gasteiger partial charge in [0, 0.05) is 18.7 Å². The summed E-state index contributed by atoms with van der Waals surface area (Å²) in [4.78, 5) is 59.8. The van der Waals surface area contributed by atoms with E-state index in [-0.39, 0.29) is 4.57 Å². The van der Waals surface area contributed by atoms with Gasteiger partial charge in [-0.15, -0.1) is 0 Å². The van der Waals surface area contributed by atoms with E-state index in [0.717, 1.165) is 0 Å². The van der Waals surface area contributed by atoms with E-state index in [0.29, 0.717) is 12.3 Å². The second-order valence-corrected chi connectivity index (χ2v) is 10.5. The summed E-state index contributed by atoms with van der Waals surface area (Å²) in [6, 6.07) is 0.560. The van der Waals surface area contributed by atoms with Crippen molar-refractivity contribution in [2.75, 3.05) is 6.61 Å². The van der Waals surface area contributed by atoms with Crippen LogP contribution in [0.3, 0.4) is 0 Å². The molecule has 2 heterocycles. The van der Waals surface area contributed by atoms with Crippen LogP contribution in [0.5, 0.6) is 0 Å². The van der Waals surface area contributed by atoms with Crippen molar-refractivity contribution in [3.8, 4) is 0 Å². The van der Waals surface area contributed by atoms with E-state index in [1.165, 1.54) is 0 Å². The maximum atomic E-state index is 13.8. The third kappa shape index (κ3) is 6.44. The number of rotatable bonds is 8. The average molecular weight is 536 g/mol. The van der Waals surface area contributed by atoms with Gasteiger partial charge in [-0.3, -0.25) is 18.9 Å². The summed E-state index contributed by atoms with van der Waals surface area (Å²) < 4.78 is 90.4. The first-order chi connectivity index (χ1) is 14.3. The molecular weight excluding hydrogens is 522 g/mol. The molecule has 1 aliphatic rings. The minimum atomic E-state index is -5.89. The first-order valence-corrected chi connectivity index (χ1v) is 12.3. The van der Waals surface area contributed by atoms with Crippen LogP contribution in [0.1, 0.15) is 6.42 Å². The van der Waals surface area contributed by atoms with Gasteiger partial charge in [-0.25, -0.2) is 18.5 Å². The molecule has 0 aromatic carbocycles. The minimum absolute atomic E-state index is 0.0809. The molecule has 32 heavy (non-hydrogen) atoms. The Hall–Kier alpha value is -1.20. The van der Waals surface area contributed by atoms with Crippen molar-refractivity contribution in [2.24, 2.45) is 0 Å². The smallest absolute Gasteiger partial charge is 0.390 e. The van der Waals surface area contributed by atoms with Gasteiger partial charge in [-0.1, -0.05) is 0 Å². The summed E-state index contributed by atoms with van der Waals surface area (Å²) >= 11 is 0. The van der Waals surface area contributed by atoms with Crippen molar-refractivity contribution in [1.29, 1.82) is 0 Å². The molecule has 1 aliphatic heterocycles. The largest absolute Gasteiger partial charge is 0.490 e. The van der Waals surface area contributed by atoms with Crippen LogP contribution in [0.4, 0.5) is 13.2 Å². The predicted octanol–water partition coefficient (Wildman–Crippen LogP) is -0.755. The fraction of sp³-hybridized carbons (Fsp3) is 0.600. The third-order valence-electron chi connectivity index (χ3n) is 3.74. The Morgan fingerprint density at radius 3 is 2.25 bits per heavy atom. The number of nitrogens with one attached hydrogen (secondary N) is 1. The molecule has 184 valence electrons. The number of aliphatic hydroxyl groups excluding tert-OH is 1. The van der Waals surface area contributed by atoms with Gasteiger partial charge in [0.05, 0.1) is 12.7 Å². The van der Waals surface area contributed by atoms with Crippen molar-refractivity contribution in [3.63, 3.8) is 0 Å². The topological polar surface area (TPSA) is 244 Å². The van der Waals surface area contributed by atoms with Crippen molar-refractivity contribution in [3.05, 3.63) is 33.1 Å². The number of aromatic amines is 1. The van der Waals surface area contributed by atoms with Gasteiger partial charge in [0.25, 0.3) is 5.56 Å². The summed E-state index contributed by atoms with van der Waals surface area (Å²) in [5.41, 5.74) is -6.14. The molecule has 1 aromatic rings. The van der Waals surface area contributed by atoms with E-state index in [9.17, 15) is 46.5 Å². The molecule has 22 heteroatoms. The zero-order valence-electron chi connectivity index (χ0n) is 15.1. The van der Waals surface area contributed by atoms with Crippen LogP contribution in [0.2, 0.25) is 0 Å². The Labute approximate surface area is 173 Å². The standard InChI is InChI=1S/C10H14F3N2O14P3/c11-10(12,13)9(15-2-1-7(17)14-8(15)18)3-5(16)6(27-9)4-26-31(22,23)29-32(24,25)28-30(19,20)21/h1-2,5-6,16H,3-4H2,(H,22,23)(H,24,25)(H,14,17,18)(H2,19,20,21)/t5-,6+,9-/m0/s1. The molecule has 0 bridgehead atoms. The summed E-state index contributed by atoms with van der Waals surface area (Å²) in [6.07, 6.45) is -10.5. The molecule has 0 radical (unpaired) electrons. The van der Waals surface area contributed by atoms with Crippen LogP contribution in [0.25, 0.3) is 0 Å². The Kier molecular flexibility index (Phi) is 7.49. The second kappa shape index (κ2) is 8.87. The van der Waals surface area contributed by atoms with Crippen LogP contribution in [0.15, 0.2) is 21.9 Å². The lowest BCUT2D eigenvalue weighted by atomic mass is 10.1. The van der Waals surface area contributed by atoms with E-state index in [4.69, 9.17) is 19.4 Å². The quantitative estimate of drug-likeness (QED) is 0.224. The normalized spacial score (nSPS) is 28.2. The van der Waals surface area contributed by atoms with Crippen molar-refractivity contribution in [2.45, 2.75) is 30.5 Å². The van der Waals surface area contributed by atoms with Crippen molar-refractivity contribution < 1.29 is 69.4 Å². The molecule has 6 N–H and O–H groups in total. The second-order valence-electron chi connectivity index (χ2n) is 6.08. The van der Waals surface area contributed by atoms with Crippen LogP contribution >= 0.6 is 23.5 Å². The van der Waals surface area contributed by atoms with Crippen molar-refractivity contribution in [1.82, 2.24) is 9.55 Å². The van der Waals surface area contributed by atoms with Crippen molar-refractivity contribution >= 4 is 23.5 Å². The highest BCUT2D eigenvalue weighted by Crippen LogP contribution is 2.66. The van der Waals surface area contributed by atoms with E-state index in [1.807, 2.05) is 0 Å². The highest BCUT2D eigenvalue weighted by atomic mass is 31.3. The molecule has 1 fully saturated rings. The number of phosphoric ester groups is 1. The summed E-state index contributed by atoms with van der Waals surface area (Å²) in [7, 11) is -17.3. The lowest BCUT2D eigenvalue weighted by Crippen LogP contribution is -2.53. The van der Waals surface area contributed by atoms with Crippen LogP contribution < -0.4 is 11.2 Å². The molecule has 1 saturated heterocycles. The predicted molar refractivity (Wildman–Crippen MR) is 90.7 cm³/mol. The minimum Gasteiger partial charge on any atom is -0.390 e. The van der Waals surface area contributed by atoms with Gasteiger partial charge in [0.1, 0.15) is 6.10 Å². The van der Waals surface area contributed by atoms with E-state index >= 15 is 0 Å². The molecule has 0 amide bonds. The lowest BCUT2D eigenvalue weighted by molar-refractivity contribution is -0.312. The van der Waals surface area contributed by atoms with Gasteiger partial charge in [0.15, 0.2) is 0 Å². The summed E-state index contributed by atoms with van der Waals surface area (Å²) in [5, 5.41) is 9.94. The number of H-pyrrole nitrogens is 1. The number of alkyl halides is 3. The number of hydrogen-bond donors (Lipinski definition) is 6. The van der Waals surface area contributed by atoms with E-state index < -0.39 is 71.9 Å². The Balaban J connectivity index is 2.23. The number of halogens is 3. The fourth-order valence-corrected chi connectivity index (χ4v) is 5.61. The number of hydrogen-bond acceptors (Lipinski definition) is 10. The van der Waals surface area contributed by atoms with Crippen LogP contribution in [0, 0.1) is 0 Å². The lowest BCUT2D eigenvalue weighted by Gasteiger charge is -2.32. The molecule has 1 aromatic heterocycles. The number of aliphatic hydroxyl groups is 1. The number of ether oxygens (including phenoxy) is 1. The molecule has 2 rings (SSSR count). The average Bonchev–Trinajstić information content (AvgIpc) is 2.87. The third-order valence-corrected chi connectivity index (χ3v) is 7.54. The molecule has 2 unspecified atom stereocenters. The van der Waals surface area contributed by atoms with Gasteiger partial charge in [0.2, 0.25) is 5.72 Å². The monoisotopic (exact) mass is 536 g/mol. The number of nitrogens with zero attached hydrogens (tertiary/aromatic N) is 1. The maximum absolute atomic E-state index is 13.8. The van der Waals surface area contributed by atoms with Crippen LogP contribution in [-0.2, 0) is 37.3 Å². The molecule has 16 nitrogen and oxygen atoms in total. The fourth-order valence-electron chi connectivity index (χ4n) is 2.58. The zero-order chi connectivity index (χ0) is 24.8. The van der Waals surface area contributed by atoms with E-state index in [2.05, 4.69) is 13.1 Å². The SMILES string of the molecule is O=c1ccn([C@@]2(C(F)(F)F)C[C@H](O)[C@@H](COP(=O)(O)OP(=O)(O)OP(=O)(O)O)O2)c(=O)[nH]1. The first-order valence-electron chi connectivity index (χ1n) is 7.80. The molecule has 0 saturated carbocycles. The molecule has 5 atom stereocenters. The number of aromatic nitrogens is 2. The highest BCUT2D eigenvalue weighted by Gasteiger charge is 2.65. The highest BCUT2D eigenvalue weighted by molar-refractivity contribution is 7.66. The summed E-state index contributed by atoms with van der Waals surface area (Å²) in [6.45, 7) is -1.40. The molecule has 0 spiro atoms. The Bertz CT molecular complexity index is 1110. The van der Waals surface area contributed by atoms with Gasteiger partial charge in [-0.2, -0.15) is 21.8 Å². The van der Waals surface area contributed by atoms with Gasteiger partial charge >= 0.3 is 35.3 Å². The number of phosphoric acid groups is 3. The maximum Gasteiger partial charge on any atom is 0.490 e. The van der Waals surface area contributed by atoms with Gasteiger partial charge < -0.3 is 29.4 Å².